The number of aryl methyl sites for hydroxylation is 1. The third-order valence-electron chi connectivity index (χ3n) is 2.42. The molecule has 17 heavy (non-hydrogen) atoms. The summed E-state index contributed by atoms with van der Waals surface area (Å²) in [6, 6.07) is 15.3. The van der Waals surface area contributed by atoms with Crippen molar-refractivity contribution in [3.63, 3.8) is 0 Å². The van der Waals surface area contributed by atoms with Gasteiger partial charge in [-0.25, -0.2) is 0 Å². The maximum absolute atomic E-state index is 5.68. The van der Waals surface area contributed by atoms with E-state index in [1.807, 2.05) is 48.5 Å². The number of alkyl halides is 1. The molecule has 2 N–H and O–H groups in total. The van der Waals surface area contributed by atoms with Crippen LogP contribution in [0.25, 0.3) is 0 Å². The Morgan fingerprint density at radius 2 is 1.41 bits per heavy atom. The van der Waals surface area contributed by atoms with Crippen LogP contribution in [0.5, 0.6) is 11.5 Å². The highest BCUT2D eigenvalue weighted by Crippen LogP contribution is 2.22. The molecule has 0 bridgehead atoms. The van der Waals surface area contributed by atoms with Crippen LogP contribution >= 0.6 is 11.6 Å². The van der Waals surface area contributed by atoms with Gasteiger partial charge in [-0.05, 0) is 48.4 Å². The molecule has 0 unspecified atom stereocenters. The van der Waals surface area contributed by atoms with Crippen LogP contribution in [-0.2, 0) is 6.42 Å². The lowest BCUT2D eigenvalue weighted by atomic mass is 10.2. The van der Waals surface area contributed by atoms with Gasteiger partial charge in [0.25, 0.3) is 0 Å². The lowest BCUT2D eigenvalue weighted by Crippen LogP contribution is -1.88. The summed E-state index contributed by atoms with van der Waals surface area (Å²) < 4.78 is 5.68. The van der Waals surface area contributed by atoms with E-state index in [2.05, 4.69) is 0 Å². The molecule has 0 aliphatic rings. The van der Waals surface area contributed by atoms with E-state index in [9.17, 15) is 0 Å². The number of halogens is 1. The Balaban J connectivity index is 2.05. The maximum atomic E-state index is 5.68. The van der Waals surface area contributed by atoms with Crippen LogP contribution in [0.1, 0.15) is 5.56 Å². The summed E-state index contributed by atoms with van der Waals surface area (Å²) >= 11 is 5.68. The largest absolute Gasteiger partial charge is 0.457 e. The Morgan fingerprint density at radius 1 is 0.882 bits per heavy atom. The fourth-order valence-electron chi connectivity index (χ4n) is 1.51. The van der Waals surface area contributed by atoms with Crippen LogP contribution in [0, 0.1) is 0 Å². The first kappa shape index (κ1) is 11.8. The molecule has 2 aromatic carbocycles. The van der Waals surface area contributed by atoms with Crippen LogP contribution in [0.15, 0.2) is 48.5 Å². The summed E-state index contributed by atoms with van der Waals surface area (Å²) in [6.45, 7) is 0. The van der Waals surface area contributed by atoms with E-state index in [0.717, 1.165) is 23.6 Å². The fourth-order valence-corrected chi connectivity index (χ4v) is 1.72. The molecule has 0 aromatic heterocycles. The van der Waals surface area contributed by atoms with Gasteiger partial charge in [-0.2, -0.15) is 0 Å². The van der Waals surface area contributed by atoms with Crippen LogP contribution in [0.2, 0.25) is 0 Å². The standard InChI is InChI=1S/C14H14ClNO/c15-10-9-11-1-5-13(6-2-11)17-14-7-3-12(16)4-8-14/h1-8H,9-10,16H2. The zero-order valence-electron chi connectivity index (χ0n) is 9.40. The second-order valence-corrected chi connectivity index (χ2v) is 4.13. The number of rotatable bonds is 4. The summed E-state index contributed by atoms with van der Waals surface area (Å²) in [5.41, 5.74) is 7.55. The van der Waals surface area contributed by atoms with Gasteiger partial charge >= 0.3 is 0 Å². The summed E-state index contributed by atoms with van der Waals surface area (Å²) in [7, 11) is 0. The molecule has 0 saturated carbocycles. The molecule has 0 aliphatic heterocycles. The van der Waals surface area contributed by atoms with Gasteiger partial charge in [0.05, 0.1) is 0 Å². The van der Waals surface area contributed by atoms with Crippen molar-refractivity contribution >= 4 is 17.3 Å². The number of benzene rings is 2. The van der Waals surface area contributed by atoms with Gasteiger partial charge in [-0.15, -0.1) is 11.6 Å². The Labute approximate surface area is 106 Å². The average Bonchev–Trinajstić information content (AvgIpc) is 2.35. The third kappa shape index (κ3) is 3.40. The van der Waals surface area contributed by atoms with Gasteiger partial charge in [-0.1, -0.05) is 12.1 Å². The Hall–Kier alpha value is -1.67. The average molecular weight is 248 g/mol. The molecule has 0 radical (unpaired) electrons. The number of nitrogens with two attached hydrogens (primary N) is 1. The predicted octanol–water partition coefficient (Wildman–Crippen LogP) is 3.84. The number of hydrogen-bond donors (Lipinski definition) is 1. The van der Waals surface area contributed by atoms with Crippen LogP contribution in [0.4, 0.5) is 5.69 Å². The number of hydrogen-bond acceptors (Lipinski definition) is 2. The minimum atomic E-state index is 0.637. The summed E-state index contributed by atoms with van der Waals surface area (Å²) in [4.78, 5) is 0. The molecule has 0 fully saturated rings. The molecule has 2 aromatic rings. The normalized spacial score (nSPS) is 10.2. The SMILES string of the molecule is Nc1ccc(Oc2ccc(CCCl)cc2)cc1. The molecule has 2 nitrogen and oxygen atoms in total. The topological polar surface area (TPSA) is 35.2 Å². The molecule has 0 aliphatic carbocycles. The van der Waals surface area contributed by atoms with Gasteiger partial charge in [0, 0.05) is 11.6 Å². The minimum absolute atomic E-state index is 0.637. The molecule has 0 amide bonds. The molecule has 0 heterocycles. The number of nitrogen functional groups attached to an aromatic ring is 1. The van der Waals surface area contributed by atoms with Crippen molar-refractivity contribution in [2.45, 2.75) is 6.42 Å². The Bertz CT molecular complexity index is 465. The van der Waals surface area contributed by atoms with E-state index in [0.29, 0.717) is 5.88 Å². The molecular formula is C14H14ClNO. The summed E-state index contributed by atoms with van der Waals surface area (Å²) in [5.74, 6) is 2.23. The second kappa shape index (κ2) is 5.60. The van der Waals surface area contributed by atoms with Crippen molar-refractivity contribution in [2.75, 3.05) is 11.6 Å². The molecule has 0 atom stereocenters. The maximum Gasteiger partial charge on any atom is 0.127 e. The third-order valence-corrected chi connectivity index (χ3v) is 2.61. The summed E-state index contributed by atoms with van der Waals surface area (Å²) in [6.07, 6.45) is 0.879. The highest BCUT2D eigenvalue weighted by molar-refractivity contribution is 6.17. The summed E-state index contributed by atoms with van der Waals surface area (Å²) in [5, 5.41) is 0. The first-order valence-electron chi connectivity index (χ1n) is 5.46. The van der Waals surface area contributed by atoms with Gasteiger partial charge in [0.1, 0.15) is 11.5 Å². The lowest BCUT2D eigenvalue weighted by Gasteiger charge is -2.06. The van der Waals surface area contributed by atoms with Crippen molar-refractivity contribution < 1.29 is 4.74 Å². The van der Waals surface area contributed by atoms with E-state index in [-0.39, 0.29) is 0 Å². The van der Waals surface area contributed by atoms with E-state index in [4.69, 9.17) is 22.1 Å². The first-order chi connectivity index (χ1) is 8.28. The minimum Gasteiger partial charge on any atom is -0.457 e. The van der Waals surface area contributed by atoms with Gasteiger partial charge < -0.3 is 10.5 Å². The second-order valence-electron chi connectivity index (χ2n) is 3.75. The van der Waals surface area contributed by atoms with Gasteiger partial charge in [0.15, 0.2) is 0 Å². The van der Waals surface area contributed by atoms with Crippen molar-refractivity contribution in [2.24, 2.45) is 0 Å². The predicted molar refractivity (Wildman–Crippen MR) is 71.8 cm³/mol. The fraction of sp³-hybridized carbons (Fsp3) is 0.143. The smallest absolute Gasteiger partial charge is 0.127 e. The highest BCUT2D eigenvalue weighted by Gasteiger charge is 1.97. The monoisotopic (exact) mass is 247 g/mol. The molecule has 0 spiro atoms. The van der Waals surface area contributed by atoms with Crippen molar-refractivity contribution in [3.8, 4) is 11.5 Å². The van der Waals surface area contributed by atoms with Crippen LogP contribution in [0.3, 0.4) is 0 Å². The van der Waals surface area contributed by atoms with Crippen LogP contribution < -0.4 is 10.5 Å². The van der Waals surface area contributed by atoms with Gasteiger partial charge in [-0.3, -0.25) is 0 Å². The number of anilines is 1. The highest BCUT2D eigenvalue weighted by atomic mass is 35.5. The quantitative estimate of drug-likeness (QED) is 0.658. The first-order valence-corrected chi connectivity index (χ1v) is 5.99. The van der Waals surface area contributed by atoms with Crippen molar-refractivity contribution in [1.29, 1.82) is 0 Å². The zero-order valence-corrected chi connectivity index (χ0v) is 10.2. The van der Waals surface area contributed by atoms with E-state index < -0.39 is 0 Å². The molecule has 0 saturated heterocycles. The Kier molecular flexibility index (Phi) is 3.89. The molecule has 3 heteroatoms. The van der Waals surface area contributed by atoms with E-state index >= 15 is 0 Å². The Morgan fingerprint density at radius 3 is 1.94 bits per heavy atom. The van der Waals surface area contributed by atoms with Gasteiger partial charge in [0.2, 0.25) is 0 Å². The van der Waals surface area contributed by atoms with E-state index in [1.54, 1.807) is 0 Å². The lowest BCUT2D eigenvalue weighted by molar-refractivity contribution is 0.482. The van der Waals surface area contributed by atoms with Crippen molar-refractivity contribution in [1.82, 2.24) is 0 Å². The number of ether oxygens (including phenoxy) is 1. The van der Waals surface area contributed by atoms with Crippen LogP contribution in [-0.4, -0.2) is 5.88 Å². The van der Waals surface area contributed by atoms with Crippen molar-refractivity contribution in [3.05, 3.63) is 54.1 Å². The molecular weight excluding hydrogens is 234 g/mol. The molecule has 88 valence electrons. The molecule has 2 rings (SSSR count). The zero-order chi connectivity index (χ0) is 12.1. The van der Waals surface area contributed by atoms with E-state index in [1.165, 1.54) is 5.56 Å².